The summed E-state index contributed by atoms with van der Waals surface area (Å²) in [6.07, 6.45) is 29.0. The van der Waals surface area contributed by atoms with Crippen molar-refractivity contribution >= 4 is 0 Å². The first kappa shape index (κ1) is 27.2. The highest BCUT2D eigenvalue weighted by atomic mass is 15.1. The van der Waals surface area contributed by atoms with Gasteiger partial charge in [0.25, 0.3) is 0 Å². The molecule has 0 fully saturated rings. The van der Waals surface area contributed by atoms with Crippen LogP contribution in [0.15, 0.2) is 73.3 Å². The van der Waals surface area contributed by atoms with Crippen molar-refractivity contribution in [3.63, 3.8) is 0 Å². The second kappa shape index (κ2) is 17.1. The van der Waals surface area contributed by atoms with Crippen LogP contribution in [0.5, 0.6) is 0 Å². The van der Waals surface area contributed by atoms with E-state index in [1.807, 2.05) is 0 Å². The molecule has 0 N–H and O–H groups in total. The molecular weight excluding hydrogens is 424 g/mol. The standard InChI is InChI=1S/C33H49N2/c1-2-3-4-5-6-7-8-9-10-11-12-13-14-15-19-24-32-25-20-21-26-33(32)35-28-27-34(30-35)29-31-22-17-16-18-23-31/h16-18,20-23,25-28,30H,2-15,19,24,29H2,1H3/q+1. The Balaban J connectivity index is 1.27. The molecule has 0 amide bonds. The molecule has 0 aliphatic rings. The van der Waals surface area contributed by atoms with Gasteiger partial charge in [-0.2, -0.15) is 0 Å². The Morgan fingerprint density at radius 1 is 0.600 bits per heavy atom. The van der Waals surface area contributed by atoms with Crippen molar-refractivity contribution in [3.8, 4) is 5.69 Å². The molecule has 0 unspecified atom stereocenters. The van der Waals surface area contributed by atoms with Gasteiger partial charge in [0.05, 0.1) is 0 Å². The largest absolute Gasteiger partial charge is 0.249 e. The Hall–Kier alpha value is -2.35. The summed E-state index contributed by atoms with van der Waals surface area (Å²) in [5, 5.41) is 0. The zero-order chi connectivity index (χ0) is 24.4. The van der Waals surface area contributed by atoms with Crippen LogP contribution < -0.4 is 4.57 Å². The van der Waals surface area contributed by atoms with E-state index >= 15 is 0 Å². The highest BCUT2D eigenvalue weighted by Gasteiger charge is 2.11. The minimum atomic E-state index is 0.912. The number of aromatic nitrogens is 2. The van der Waals surface area contributed by atoms with Gasteiger partial charge < -0.3 is 0 Å². The Morgan fingerprint density at radius 2 is 1.14 bits per heavy atom. The number of aryl methyl sites for hydroxylation is 1. The number of hydrogen-bond donors (Lipinski definition) is 0. The summed E-state index contributed by atoms with van der Waals surface area (Å²) in [5.41, 5.74) is 4.12. The summed E-state index contributed by atoms with van der Waals surface area (Å²) >= 11 is 0. The average Bonchev–Trinajstić information content (AvgIpc) is 3.35. The van der Waals surface area contributed by atoms with E-state index < -0.39 is 0 Å². The van der Waals surface area contributed by atoms with Crippen LogP contribution in [0, 0.1) is 0 Å². The first-order chi connectivity index (χ1) is 17.4. The maximum Gasteiger partial charge on any atom is 0.249 e. The molecule has 1 aromatic heterocycles. The van der Waals surface area contributed by atoms with E-state index in [0.29, 0.717) is 0 Å². The second-order valence-corrected chi connectivity index (χ2v) is 10.3. The molecular formula is C33H49N2+. The molecule has 0 aliphatic heterocycles. The van der Waals surface area contributed by atoms with Gasteiger partial charge in [-0.1, -0.05) is 145 Å². The molecule has 2 nitrogen and oxygen atoms in total. The number of para-hydroxylation sites is 1. The molecule has 2 heteroatoms. The van der Waals surface area contributed by atoms with Gasteiger partial charge >= 0.3 is 0 Å². The van der Waals surface area contributed by atoms with E-state index in [1.54, 1.807) is 0 Å². The van der Waals surface area contributed by atoms with Gasteiger partial charge in [-0.05, 0) is 30.0 Å². The van der Waals surface area contributed by atoms with Gasteiger partial charge in [0.15, 0.2) is 0 Å². The minimum absolute atomic E-state index is 0.912. The van der Waals surface area contributed by atoms with Crippen molar-refractivity contribution in [1.29, 1.82) is 0 Å². The van der Waals surface area contributed by atoms with E-state index in [2.05, 4.69) is 89.4 Å². The van der Waals surface area contributed by atoms with Gasteiger partial charge in [-0.15, -0.1) is 0 Å². The van der Waals surface area contributed by atoms with Gasteiger partial charge in [-0.3, -0.25) is 0 Å². The maximum atomic E-state index is 2.31. The van der Waals surface area contributed by atoms with Crippen molar-refractivity contribution < 1.29 is 4.57 Å². The quantitative estimate of drug-likeness (QED) is 0.121. The molecule has 1 heterocycles. The van der Waals surface area contributed by atoms with Crippen LogP contribution in [0.2, 0.25) is 0 Å². The summed E-state index contributed by atoms with van der Waals surface area (Å²) in [6.45, 7) is 3.21. The zero-order valence-electron chi connectivity index (χ0n) is 22.3. The summed E-state index contributed by atoms with van der Waals surface area (Å²) < 4.78 is 4.54. The molecule has 0 atom stereocenters. The molecule has 35 heavy (non-hydrogen) atoms. The number of imidazole rings is 1. The van der Waals surface area contributed by atoms with Crippen molar-refractivity contribution in [3.05, 3.63) is 84.4 Å². The molecule has 3 aromatic rings. The molecule has 0 spiro atoms. The third-order valence-electron chi connectivity index (χ3n) is 7.22. The SMILES string of the molecule is CCCCCCCCCCCCCCCCCc1ccccc1-n1cc[n+](Cc2ccccc2)c1. The fourth-order valence-corrected chi connectivity index (χ4v) is 5.09. The number of nitrogens with zero attached hydrogens (tertiary/aromatic N) is 2. The van der Waals surface area contributed by atoms with Crippen molar-refractivity contribution in [2.24, 2.45) is 0 Å². The molecule has 0 saturated carbocycles. The van der Waals surface area contributed by atoms with E-state index in [-0.39, 0.29) is 0 Å². The molecule has 0 saturated heterocycles. The average molecular weight is 474 g/mol. The number of rotatable bonds is 19. The summed E-state index contributed by atoms with van der Waals surface area (Å²) in [7, 11) is 0. The van der Waals surface area contributed by atoms with Crippen molar-refractivity contribution in [2.45, 2.75) is 116 Å². The van der Waals surface area contributed by atoms with Crippen molar-refractivity contribution in [1.82, 2.24) is 4.57 Å². The normalized spacial score (nSPS) is 11.2. The molecule has 0 radical (unpaired) electrons. The zero-order valence-corrected chi connectivity index (χ0v) is 22.3. The van der Waals surface area contributed by atoms with E-state index in [0.717, 1.165) is 6.54 Å². The number of unbranched alkanes of at least 4 members (excludes halogenated alkanes) is 14. The Kier molecular flexibility index (Phi) is 13.3. The molecule has 0 aliphatic carbocycles. The predicted molar refractivity (Wildman–Crippen MR) is 150 cm³/mol. The van der Waals surface area contributed by atoms with Gasteiger partial charge in [-0.25, -0.2) is 9.13 Å². The lowest BCUT2D eigenvalue weighted by Crippen LogP contribution is -2.31. The maximum absolute atomic E-state index is 2.31. The topological polar surface area (TPSA) is 8.81 Å². The van der Waals surface area contributed by atoms with Crippen LogP contribution in [-0.2, 0) is 13.0 Å². The van der Waals surface area contributed by atoms with Crippen LogP contribution in [0.4, 0.5) is 0 Å². The Bertz CT molecular complexity index is 912. The fraction of sp³-hybridized carbons (Fsp3) is 0.545. The van der Waals surface area contributed by atoms with Gasteiger partial charge in [0.1, 0.15) is 24.6 Å². The lowest BCUT2D eigenvalue weighted by molar-refractivity contribution is -0.687. The van der Waals surface area contributed by atoms with E-state index in [9.17, 15) is 0 Å². The van der Waals surface area contributed by atoms with E-state index in [4.69, 9.17) is 0 Å². The highest BCUT2D eigenvalue weighted by molar-refractivity contribution is 5.40. The minimum Gasteiger partial charge on any atom is -0.232 e. The van der Waals surface area contributed by atoms with Gasteiger partial charge in [0, 0.05) is 0 Å². The summed E-state index contributed by atoms with van der Waals surface area (Å²) in [4.78, 5) is 0. The lowest BCUT2D eigenvalue weighted by Gasteiger charge is -2.06. The summed E-state index contributed by atoms with van der Waals surface area (Å²) in [5.74, 6) is 0. The molecule has 190 valence electrons. The monoisotopic (exact) mass is 473 g/mol. The number of benzene rings is 2. The predicted octanol–water partition coefficient (Wildman–Crippen LogP) is 9.23. The number of hydrogen-bond acceptors (Lipinski definition) is 0. The first-order valence-electron chi connectivity index (χ1n) is 14.6. The van der Waals surface area contributed by atoms with Crippen LogP contribution in [-0.4, -0.2) is 4.57 Å². The Morgan fingerprint density at radius 3 is 1.77 bits per heavy atom. The molecule has 2 aromatic carbocycles. The fourth-order valence-electron chi connectivity index (χ4n) is 5.09. The smallest absolute Gasteiger partial charge is 0.232 e. The van der Waals surface area contributed by atoms with Crippen LogP contribution >= 0.6 is 0 Å². The van der Waals surface area contributed by atoms with E-state index in [1.165, 1.54) is 120 Å². The summed E-state index contributed by atoms with van der Waals surface area (Å²) in [6, 6.07) is 19.6. The third-order valence-corrected chi connectivity index (χ3v) is 7.22. The molecule has 0 bridgehead atoms. The third kappa shape index (κ3) is 10.8. The highest BCUT2D eigenvalue weighted by Crippen LogP contribution is 2.18. The van der Waals surface area contributed by atoms with Gasteiger partial charge in [0.2, 0.25) is 6.33 Å². The van der Waals surface area contributed by atoms with Crippen LogP contribution in [0.3, 0.4) is 0 Å². The first-order valence-corrected chi connectivity index (χ1v) is 14.6. The van der Waals surface area contributed by atoms with Crippen molar-refractivity contribution in [2.75, 3.05) is 0 Å². The second-order valence-electron chi connectivity index (χ2n) is 10.3. The van der Waals surface area contributed by atoms with Crippen LogP contribution in [0.1, 0.15) is 114 Å². The Labute approximate surface area is 215 Å². The lowest BCUT2D eigenvalue weighted by atomic mass is 10.0. The molecule has 3 rings (SSSR count). The van der Waals surface area contributed by atoms with Crippen LogP contribution in [0.25, 0.3) is 5.69 Å².